The Kier molecular flexibility index (Phi) is 5.23. The van der Waals surface area contributed by atoms with Crippen molar-refractivity contribution in [2.45, 2.75) is 25.2 Å². The lowest BCUT2D eigenvalue weighted by Crippen LogP contribution is -2.39. The Bertz CT molecular complexity index is 870. The number of carbonyl (C=O) groups excluding carboxylic acids is 2. The average Bonchev–Trinajstić information content (AvgIpc) is 2.62. The lowest BCUT2D eigenvalue weighted by molar-refractivity contribution is -0.134. The Hall–Kier alpha value is -2.47. The van der Waals surface area contributed by atoms with Crippen LogP contribution in [-0.2, 0) is 9.59 Å². The fourth-order valence-corrected chi connectivity index (χ4v) is 3.46. The minimum absolute atomic E-state index is 0.0694. The van der Waals surface area contributed by atoms with E-state index in [4.69, 9.17) is 16.3 Å². The lowest BCUT2D eigenvalue weighted by atomic mass is 9.88. The van der Waals surface area contributed by atoms with Crippen LogP contribution in [0.5, 0.6) is 5.75 Å². The fraction of sp³-hybridized carbons (Fsp3) is 0.263. The predicted molar refractivity (Wildman–Crippen MR) is 93.5 cm³/mol. The van der Waals surface area contributed by atoms with Crippen molar-refractivity contribution in [2.24, 2.45) is 0 Å². The summed E-state index contributed by atoms with van der Waals surface area (Å²) in [5.41, 5.74) is 1.61. The largest absolute Gasteiger partial charge is 0.496 e. The Morgan fingerprint density at radius 1 is 1.23 bits per heavy atom. The third-order valence-corrected chi connectivity index (χ3v) is 4.84. The zero-order valence-electron chi connectivity index (χ0n) is 13.9. The van der Waals surface area contributed by atoms with Crippen molar-refractivity contribution in [3.05, 3.63) is 52.5 Å². The van der Waals surface area contributed by atoms with Gasteiger partial charge in [-0.3, -0.25) is 14.9 Å². The number of hydrogen-bond acceptors (Lipinski definition) is 3. The number of rotatable bonds is 4. The topological polar surface area (TPSA) is 55.4 Å². The number of amides is 2. The van der Waals surface area contributed by atoms with Gasteiger partial charge in [-0.15, -0.1) is 0 Å². The molecule has 0 spiro atoms. The highest BCUT2D eigenvalue weighted by Gasteiger charge is 2.30. The summed E-state index contributed by atoms with van der Waals surface area (Å²) in [5, 5.41) is 2.67. The second kappa shape index (κ2) is 7.41. The van der Waals surface area contributed by atoms with Gasteiger partial charge in [0.15, 0.2) is 0 Å². The standard InChI is InChI=1S/C19H16ClF2NO3/c1-26-15-9-10(5-6-14(15)18(21)22)11-3-2-4-12(17(11)20)13-7-8-16(24)23-19(13)25/h2-6,9,13,18H,7-8H2,1H3,(H,23,24,25). The molecule has 1 atom stereocenters. The monoisotopic (exact) mass is 379 g/mol. The van der Waals surface area contributed by atoms with Crippen LogP contribution in [0.4, 0.5) is 8.78 Å². The van der Waals surface area contributed by atoms with Gasteiger partial charge in [-0.05, 0) is 29.7 Å². The summed E-state index contributed by atoms with van der Waals surface area (Å²) in [7, 11) is 1.33. The molecule has 7 heteroatoms. The summed E-state index contributed by atoms with van der Waals surface area (Å²) in [6.45, 7) is 0. The van der Waals surface area contributed by atoms with E-state index in [-0.39, 0.29) is 29.5 Å². The van der Waals surface area contributed by atoms with Gasteiger partial charge in [0.2, 0.25) is 11.8 Å². The molecular weight excluding hydrogens is 364 g/mol. The van der Waals surface area contributed by atoms with E-state index in [1.807, 2.05) is 0 Å². The van der Waals surface area contributed by atoms with Crippen LogP contribution >= 0.6 is 11.6 Å². The summed E-state index contributed by atoms with van der Waals surface area (Å²) in [4.78, 5) is 23.5. The molecule has 4 nitrogen and oxygen atoms in total. The van der Waals surface area contributed by atoms with Gasteiger partial charge in [0, 0.05) is 12.0 Å². The zero-order valence-corrected chi connectivity index (χ0v) is 14.6. The van der Waals surface area contributed by atoms with Crippen molar-refractivity contribution < 1.29 is 23.1 Å². The molecular formula is C19H16ClF2NO3. The predicted octanol–water partition coefficient (Wildman–Crippen LogP) is 4.47. The first kappa shape index (κ1) is 18.3. The molecule has 0 bridgehead atoms. The van der Waals surface area contributed by atoms with Crippen molar-refractivity contribution in [2.75, 3.05) is 7.11 Å². The zero-order chi connectivity index (χ0) is 18.8. The van der Waals surface area contributed by atoms with Crippen LogP contribution in [0.25, 0.3) is 11.1 Å². The average molecular weight is 380 g/mol. The summed E-state index contributed by atoms with van der Waals surface area (Å²) in [6.07, 6.45) is -2.03. The van der Waals surface area contributed by atoms with Gasteiger partial charge in [-0.1, -0.05) is 35.9 Å². The van der Waals surface area contributed by atoms with Gasteiger partial charge < -0.3 is 4.74 Å². The van der Waals surface area contributed by atoms with Crippen LogP contribution in [0.15, 0.2) is 36.4 Å². The third kappa shape index (κ3) is 3.42. The summed E-state index contributed by atoms with van der Waals surface area (Å²) in [5.74, 6) is -1.14. The lowest BCUT2D eigenvalue weighted by Gasteiger charge is -2.23. The molecule has 0 aromatic heterocycles. The van der Waals surface area contributed by atoms with E-state index in [2.05, 4.69) is 5.32 Å². The van der Waals surface area contributed by atoms with E-state index >= 15 is 0 Å². The Morgan fingerprint density at radius 2 is 2.00 bits per heavy atom. The van der Waals surface area contributed by atoms with Gasteiger partial charge in [0.25, 0.3) is 6.43 Å². The van der Waals surface area contributed by atoms with Gasteiger partial charge >= 0.3 is 0 Å². The Labute approximate surface area is 154 Å². The molecule has 2 aromatic carbocycles. The number of piperidine rings is 1. The molecule has 0 saturated carbocycles. The number of nitrogens with one attached hydrogen (secondary N) is 1. The molecule has 1 saturated heterocycles. The maximum Gasteiger partial charge on any atom is 0.267 e. The van der Waals surface area contributed by atoms with Crippen LogP contribution in [-0.4, -0.2) is 18.9 Å². The summed E-state index contributed by atoms with van der Waals surface area (Å²) in [6, 6.07) is 9.56. The van der Waals surface area contributed by atoms with Crippen LogP contribution in [0.3, 0.4) is 0 Å². The van der Waals surface area contributed by atoms with E-state index in [0.717, 1.165) is 0 Å². The Morgan fingerprint density at radius 3 is 2.65 bits per heavy atom. The first-order valence-corrected chi connectivity index (χ1v) is 8.38. The normalized spacial score (nSPS) is 17.3. The highest BCUT2D eigenvalue weighted by atomic mass is 35.5. The van der Waals surface area contributed by atoms with Crippen LogP contribution in [0.1, 0.15) is 36.3 Å². The number of hydrogen-bond donors (Lipinski definition) is 1. The fourth-order valence-electron chi connectivity index (χ4n) is 3.09. The maximum absolute atomic E-state index is 13.0. The number of benzene rings is 2. The molecule has 1 heterocycles. The molecule has 2 aromatic rings. The van der Waals surface area contributed by atoms with E-state index in [1.54, 1.807) is 24.3 Å². The highest BCUT2D eigenvalue weighted by molar-refractivity contribution is 6.34. The van der Waals surface area contributed by atoms with Crippen LogP contribution in [0.2, 0.25) is 5.02 Å². The van der Waals surface area contributed by atoms with Gasteiger partial charge in [0.05, 0.1) is 23.6 Å². The molecule has 0 radical (unpaired) electrons. The van der Waals surface area contributed by atoms with E-state index in [1.165, 1.54) is 19.2 Å². The van der Waals surface area contributed by atoms with Crippen molar-refractivity contribution in [3.8, 4) is 16.9 Å². The van der Waals surface area contributed by atoms with Crippen molar-refractivity contribution in [1.29, 1.82) is 0 Å². The van der Waals surface area contributed by atoms with E-state index in [0.29, 0.717) is 28.1 Å². The molecule has 2 amide bonds. The molecule has 1 aliphatic rings. The highest BCUT2D eigenvalue weighted by Crippen LogP contribution is 2.39. The molecule has 1 N–H and O–H groups in total. The number of methoxy groups -OCH3 is 1. The summed E-state index contributed by atoms with van der Waals surface area (Å²) >= 11 is 6.52. The van der Waals surface area contributed by atoms with Gasteiger partial charge in [0.1, 0.15) is 5.75 Å². The molecule has 1 unspecified atom stereocenters. The number of imide groups is 1. The number of carbonyl (C=O) groups is 2. The summed E-state index contributed by atoms with van der Waals surface area (Å²) < 4.78 is 31.1. The first-order chi connectivity index (χ1) is 12.4. The molecule has 136 valence electrons. The molecule has 0 aliphatic carbocycles. The number of halogens is 3. The maximum atomic E-state index is 13.0. The van der Waals surface area contributed by atoms with Crippen molar-refractivity contribution in [1.82, 2.24) is 5.32 Å². The smallest absolute Gasteiger partial charge is 0.267 e. The Balaban J connectivity index is 2.02. The van der Waals surface area contributed by atoms with E-state index < -0.39 is 12.3 Å². The third-order valence-electron chi connectivity index (χ3n) is 4.42. The number of ether oxygens (including phenoxy) is 1. The van der Waals surface area contributed by atoms with Crippen LogP contribution < -0.4 is 10.1 Å². The second-order valence-corrected chi connectivity index (χ2v) is 6.35. The molecule has 3 rings (SSSR count). The second-order valence-electron chi connectivity index (χ2n) is 5.97. The quantitative estimate of drug-likeness (QED) is 0.797. The molecule has 1 fully saturated rings. The number of alkyl halides is 2. The first-order valence-electron chi connectivity index (χ1n) is 8.01. The van der Waals surface area contributed by atoms with E-state index in [9.17, 15) is 18.4 Å². The molecule has 26 heavy (non-hydrogen) atoms. The minimum atomic E-state index is -2.65. The minimum Gasteiger partial charge on any atom is -0.496 e. The van der Waals surface area contributed by atoms with Gasteiger partial charge in [-0.25, -0.2) is 8.78 Å². The van der Waals surface area contributed by atoms with Crippen LogP contribution in [0, 0.1) is 0 Å². The SMILES string of the molecule is COc1cc(-c2cccc(C3CCC(=O)NC3=O)c2Cl)ccc1C(F)F. The van der Waals surface area contributed by atoms with Gasteiger partial charge in [-0.2, -0.15) is 0 Å². The molecule has 1 aliphatic heterocycles. The van der Waals surface area contributed by atoms with Crippen molar-refractivity contribution >= 4 is 23.4 Å². The van der Waals surface area contributed by atoms with Crippen molar-refractivity contribution in [3.63, 3.8) is 0 Å².